The van der Waals surface area contributed by atoms with E-state index in [1.165, 1.54) is 0 Å². The number of aromatic nitrogens is 1. The molecule has 0 spiro atoms. The summed E-state index contributed by atoms with van der Waals surface area (Å²) >= 11 is 2.13. The Balaban J connectivity index is 3.07. The molecule has 54 valence electrons. The van der Waals surface area contributed by atoms with Gasteiger partial charge in [-0.2, -0.15) is 0 Å². The van der Waals surface area contributed by atoms with Crippen molar-refractivity contribution in [2.75, 3.05) is 11.2 Å². The minimum absolute atomic E-state index is 0.514. The van der Waals surface area contributed by atoms with E-state index in [-0.39, 0.29) is 0 Å². The van der Waals surface area contributed by atoms with Gasteiger partial charge in [0, 0.05) is 9.77 Å². The zero-order chi connectivity index (χ0) is 7.56. The topological polar surface area (TPSA) is 77.0 Å². The van der Waals surface area contributed by atoms with Crippen molar-refractivity contribution < 1.29 is 0 Å². The highest BCUT2D eigenvalue weighted by molar-refractivity contribution is 14.1. The average molecular weight is 250 g/mol. The Morgan fingerprint density at radius 1 is 1.60 bits per heavy atom. The van der Waals surface area contributed by atoms with Gasteiger partial charge in [0.15, 0.2) is 5.82 Å². The van der Waals surface area contributed by atoms with E-state index in [1.807, 2.05) is 0 Å². The molecule has 5 N–H and O–H groups in total. The molecule has 0 atom stereocenters. The van der Waals surface area contributed by atoms with Crippen molar-refractivity contribution in [2.45, 2.75) is 0 Å². The molecule has 0 unspecified atom stereocenters. The molecule has 10 heavy (non-hydrogen) atoms. The van der Waals surface area contributed by atoms with Crippen molar-refractivity contribution in [2.24, 2.45) is 5.84 Å². The summed E-state index contributed by atoms with van der Waals surface area (Å²) in [6, 6.07) is 1.79. The van der Waals surface area contributed by atoms with Crippen LogP contribution in [0.1, 0.15) is 0 Å². The fourth-order valence-corrected chi connectivity index (χ4v) is 1.05. The van der Waals surface area contributed by atoms with E-state index in [2.05, 4.69) is 33.0 Å². The van der Waals surface area contributed by atoms with E-state index in [9.17, 15) is 0 Å². The van der Waals surface area contributed by atoms with Gasteiger partial charge in [0.25, 0.3) is 0 Å². The van der Waals surface area contributed by atoms with Crippen LogP contribution in [-0.4, -0.2) is 4.98 Å². The van der Waals surface area contributed by atoms with Gasteiger partial charge < -0.3 is 11.2 Å². The highest BCUT2D eigenvalue weighted by atomic mass is 127. The molecule has 1 aromatic rings. The third kappa shape index (κ3) is 1.48. The lowest BCUT2D eigenvalue weighted by molar-refractivity contribution is 1.22. The molecule has 0 aromatic carbocycles. The van der Waals surface area contributed by atoms with E-state index < -0.39 is 0 Å². The molecule has 1 heterocycles. The molecule has 0 bridgehead atoms. The quantitative estimate of drug-likeness (QED) is 0.386. The van der Waals surface area contributed by atoms with Crippen molar-refractivity contribution >= 4 is 34.1 Å². The van der Waals surface area contributed by atoms with Crippen LogP contribution in [0.15, 0.2) is 12.3 Å². The maximum atomic E-state index is 5.52. The largest absolute Gasteiger partial charge is 0.396 e. The molecule has 1 rings (SSSR count). The normalized spacial score (nSPS) is 9.40. The smallest absolute Gasteiger partial charge is 0.163 e. The number of hydrogen-bond donors (Lipinski definition) is 3. The molecule has 5 heteroatoms. The van der Waals surface area contributed by atoms with Crippen molar-refractivity contribution in [3.05, 3.63) is 15.8 Å². The van der Waals surface area contributed by atoms with E-state index in [0.29, 0.717) is 11.5 Å². The number of anilines is 2. The van der Waals surface area contributed by atoms with Crippen LogP contribution in [0.2, 0.25) is 0 Å². The van der Waals surface area contributed by atoms with Gasteiger partial charge in [0.05, 0.1) is 5.69 Å². The Labute approximate surface area is 72.1 Å². The molecule has 0 fully saturated rings. The Kier molecular flexibility index (Phi) is 2.28. The molecule has 0 amide bonds. The maximum absolute atomic E-state index is 5.52. The first-order chi connectivity index (χ1) is 4.74. The number of nitrogens with zero attached hydrogens (tertiary/aromatic N) is 1. The molecule has 0 saturated heterocycles. The number of nitrogens with one attached hydrogen (secondary N) is 1. The number of hydrogen-bond acceptors (Lipinski definition) is 4. The summed E-state index contributed by atoms with van der Waals surface area (Å²) in [6.07, 6.45) is 1.69. The lowest BCUT2D eigenvalue weighted by atomic mass is 10.4. The summed E-state index contributed by atoms with van der Waals surface area (Å²) in [5, 5.41) is 0. The first kappa shape index (κ1) is 7.55. The second-order valence-electron chi connectivity index (χ2n) is 1.74. The number of pyridine rings is 1. The Morgan fingerprint density at radius 2 is 2.30 bits per heavy atom. The zero-order valence-corrected chi connectivity index (χ0v) is 7.29. The van der Waals surface area contributed by atoms with Crippen LogP contribution < -0.4 is 17.0 Å². The first-order valence-corrected chi connectivity index (χ1v) is 3.69. The number of rotatable bonds is 1. The molecule has 0 saturated carbocycles. The number of nitrogen functional groups attached to an aromatic ring is 2. The van der Waals surface area contributed by atoms with E-state index >= 15 is 0 Å². The van der Waals surface area contributed by atoms with Crippen LogP contribution in [-0.2, 0) is 0 Å². The standard InChI is InChI=1S/C5H7IN4/c6-3-1-4(7)5(10-8)9-2-3/h1-2H,7-8H2,(H,9,10). The average Bonchev–Trinajstić information content (AvgIpc) is 1.88. The first-order valence-electron chi connectivity index (χ1n) is 2.61. The zero-order valence-electron chi connectivity index (χ0n) is 5.13. The fourth-order valence-electron chi connectivity index (χ4n) is 0.576. The van der Waals surface area contributed by atoms with Crippen molar-refractivity contribution in [3.63, 3.8) is 0 Å². The monoisotopic (exact) mass is 250 g/mol. The number of nitrogens with two attached hydrogens (primary N) is 2. The van der Waals surface area contributed by atoms with Crippen LogP contribution in [0.25, 0.3) is 0 Å². The number of halogens is 1. The maximum Gasteiger partial charge on any atom is 0.163 e. The molecular weight excluding hydrogens is 243 g/mol. The van der Waals surface area contributed by atoms with Crippen LogP contribution in [0, 0.1) is 3.57 Å². The molecule has 0 aliphatic carbocycles. The second kappa shape index (κ2) is 3.02. The molecule has 0 aliphatic heterocycles. The summed E-state index contributed by atoms with van der Waals surface area (Å²) in [5.74, 6) is 5.62. The van der Waals surface area contributed by atoms with Gasteiger partial charge in [0.1, 0.15) is 0 Å². The lowest BCUT2D eigenvalue weighted by Gasteiger charge is -2.01. The summed E-state index contributed by atoms with van der Waals surface area (Å²) < 4.78 is 0.995. The van der Waals surface area contributed by atoms with Gasteiger partial charge in [-0.3, -0.25) is 0 Å². The lowest BCUT2D eigenvalue weighted by Crippen LogP contribution is -2.10. The Morgan fingerprint density at radius 3 is 2.80 bits per heavy atom. The van der Waals surface area contributed by atoms with Gasteiger partial charge in [-0.25, -0.2) is 10.8 Å². The van der Waals surface area contributed by atoms with Crippen LogP contribution in [0.3, 0.4) is 0 Å². The van der Waals surface area contributed by atoms with Crippen LogP contribution in [0.4, 0.5) is 11.5 Å². The Hall–Kier alpha value is -0.560. The van der Waals surface area contributed by atoms with Gasteiger partial charge in [-0.05, 0) is 28.7 Å². The highest BCUT2D eigenvalue weighted by Gasteiger charge is 1.96. The van der Waals surface area contributed by atoms with Gasteiger partial charge >= 0.3 is 0 Å². The Bertz CT molecular complexity index is 237. The predicted molar refractivity (Wildman–Crippen MR) is 49.2 cm³/mol. The van der Waals surface area contributed by atoms with Crippen LogP contribution in [0.5, 0.6) is 0 Å². The summed E-state index contributed by atoms with van der Waals surface area (Å²) in [4.78, 5) is 3.93. The van der Waals surface area contributed by atoms with E-state index in [1.54, 1.807) is 12.3 Å². The summed E-state index contributed by atoms with van der Waals surface area (Å²) in [5.41, 5.74) is 8.47. The van der Waals surface area contributed by atoms with Crippen LogP contribution >= 0.6 is 22.6 Å². The highest BCUT2D eigenvalue weighted by Crippen LogP contribution is 2.15. The van der Waals surface area contributed by atoms with Gasteiger partial charge in [-0.1, -0.05) is 0 Å². The molecular formula is C5H7IN4. The van der Waals surface area contributed by atoms with E-state index in [4.69, 9.17) is 11.6 Å². The third-order valence-corrected chi connectivity index (χ3v) is 1.61. The van der Waals surface area contributed by atoms with Gasteiger partial charge in [0.2, 0.25) is 0 Å². The minimum atomic E-state index is 0.514. The predicted octanol–water partition coefficient (Wildman–Crippen LogP) is 0.554. The molecule has 1 aromatic heterocycles. The molecule has 0 radical (unpaired) electrons. The fraction of sp³-hybridized carbons (Fsp3) is 0. The SMILES string of the molecule is NNc1ncc(I)cc1N. The van der Waals surface area contributed by atoms with Gasteiger partial charge in [-0.15, -0.1) is 0 Å². The number of hydrazine groups is 1. The van der Waals surface area contributed by atoms with E-state index in [0.717, 1.165) is 3.57 Å². The second-order valence-corrected chi connectivity index (χ2v) is 2.98. The summed E-state index contributed by atoms with van der Waals surface area (Å²) in [7, 11) is 0. The minimum Gasteiger partial charge on any atom is -0.396 e. The van der Waals surface area contributed by atoms with Crippen molar-refractivity contribution in [3.8, 4) is 0 Å². The summed E-state index contributed by atoms with van der Waals surface area (Å²) in [6.45, 7) is 0. The van der Waals surface area contributed by atoms with Crippen molar-refractivity contribution in [1.29, 1.82) is 0 Å². The molecule has 4 nitrogen and oxygen atoms in total. The third-order valence-electron chi connectivity index (χ3n) is 1.02. The van der Waals surface area contributed by atoms with Crippen molar-refractivity contribution in [1.82, 2.24) is 4.98 Å². The molecule has 0 aliphatic rings.